The van der Waals surface area contributed by atoms with Gasteiger partial charge in [-0.15, -0.1) is 10.2 Å². The summed E-state index contributed by atoms with van der Waals surface area (Å²) in [7, 11) is 1.65. The maximum absolute atomic E-state index is 5.69. The Morgan fingerprint density at radius 1 is 1.47 bits per heavy atom. The molecule has 0 bridgehead atoms. The predicted octanol–water partition coefficient (Wildman–Crippen LogP) is 1.26. The van der Waals surface area contributed by atoms with Crippen LogP contribution in [-0.4, -0.2) is 42.0 Å². The van der Waals surface area contributed by atoms with Gasteiger partial charge in [-0.3, -0.25) is 0 Å². The van der Waals surface area contributed by atoms with Crippen LogP contribution in [0.1, 0.15) is 6.42 Å². The molecular weight excluding hydrogens is 260 g/mol. The molecule has 0 saturated heterocycles. The minimum atomic E-state index is 0.370. The topological polar surface area (TPSA) is 64.3 Å². The molecule has 0 saturated carbocycles. The van der Waals surface area contributed by atoms with Crippen LogP contribution in [-0.2, 0) is 4.74 Å². The van der Waals surface area contributed by atoms with Gasteiger partial charge in [0.2, 0.25) is 0 Å². The van der Waals surface area contributed by atoms with Crippen LogP contribution < -0.4 is 10.6 Å². The maximum Gasteiger partial charge on any atom is 0.151 e. The summed E-state index contributed by atoms with van der Waals surface area (Å²) in [6, 6.07) is 3.51. The Balaban J connectivity index is 2.67. The van der Waals surface area contributed by atoms with Crippen LogP contribution in [0.5, 0.6) is 0 Å². The Kier molecular flexibility index (Phi) is 6.10. The Labute approximate surface area is 111 Å². The third kappa shape index (κ3) is 5.25. The predicted molar refractivity (Wildman–Crippen MR) is 72.5 cm³/mol. The van der Waals surface area contributed by atoms with Gasteiger partial charge in [0.05, 0.1) is 11.6 Å². The molecule has 0 aliphatic carbocycles. The van der Waals surface area contributed by atoms with Gasteiger partial charge in [0.1, 0.15) is 0 Å². The third-order valence-electron chi connectivity index (χ3n) is 2.14. The molecule has 0 radical (unpaired) electrons. The highest BCUT2D eigenvalue weighted by molar-refractivity contribution is 7.80. The second-order valence-corrected chi connectivity index (χ2v) is 4.32. The molecule has 0 aliphatic rings. The molecule has 7 heteroatoms. The van der Waals surface area contributed by atoms with Crippen molar-refractivity contribution in [2.45, 2.75) is 6.42 Å². The molecule has 1 aromatic rings. The van der Waals surface area contributed by atoms with Crippen LogP contribution in [0.25, 0.3) is 0 Å². The first-order valence-electron chi connectivity index (χ1n) is 5.15. The van der Waals surface area contributed by atoms with E-state index in [1.807, 2.05) is 11.0 Å². The number of hydrogen-bond acceptors (Lipinski definition) is 5. The van der Waals surface area contributed by atoms with Gasteiger partial charge in [-0.2, -0.15) is 0 Å². The zero-order valence-corrected chi connectivity index (χ0v) is 11.2. The number of anilines is 1. The standard InChI is InChI=1S/C10H15ClN4OS/c1-16-7-6-15(5-4-9(12)17)10-3-2-8(11)13-14-10/h2-3H,4-7H2,1H3,(H2,12,17). The van der Waals surface area contributed by atoms with E-state index in [1.165, 1.54) is 0 Å². The highest BCUT2D eigenvalue weighted by Crippen LogP contribution is 2.12. The molecule has 0 aliphatic heterocycles. The van der Waals surface area contributed by atoms with Crippen molar-refractivity contribution in [1.82, 2.24) is 10.2 Å². The van der Waals surface area contributed by atoms with Crippen LogP contribution in [0, 0.1) is 0 Å². The van der Waals surface area contributed by atoms with Crippen molar-refractivity contribution in [3.8, 4) is 0 Å². The van der Waals surface area contributed by atoms with Gasteiger partial charge in [0.15, 0.2) is 11.0 Å². The molecule has 94 valence electrons. The summed E-state index contributed by atoms with van der Waals surface area (Å²) in [5.74, 6) is 0.739. The fourth-order valence-electron chi connectivity index (χ4n) is 1.27. The number of nitrogens with two attached hydrogens (primary N) is 1. The van der Waals surface area contributed by atoms with Crippen molar-refractivity contribution >= 4 is 34.6 Å². The molecule has 17 heavy (non-hydrogen) atoms. The lowest BCUT2D eigenvalue weighted by molar-refractivity contribution is 0.205. The molecule has 0 fully saturated rings. The van der Waals surface area contributed by atoms with E-state index >= 15 is 0 Å². The summed E-state index contributed by atoms with van der Waals surface area (Å²) in [4.78, 5) is 2.49. The zero-order valence-electron chi connectivity index (χ0n) is 9.60. The van der Waals surface area contributed by atoms with Crippen molar-refractivity contribution < 1.29 is 4.74 Å². The average Bonchev–Trinajstić information content (AvgIpc) is 2.30. The average molecular weight is 275 g/mol. The number of aromatic nitrogens is 2. The van der Waals surface area contributed by atoms with E-state index in [2.05, 4.69) is 10.2 Å². The minimum absolute atomic E-state index is 0.370. The van der Waals surface area contributed by atoms with Crippen molar-refractivity contribution in [2.24, 2.45) is 5.73 Å². The molecule has 1 aromatic heterocycles. The SMILES string of the molecule is COCCN(CCC(N)=S)c1ccc(Cl)nn1. The molecule has 2 N–H and O–H groups in total. The maximum atomic E-state index is 5.69. The number of methoxy groups -OCH3 is 1. The largest absolute Gasteiger partial charge is 0.393 e. The number of nitrogens with zero attached hydrogens (tertiary/aromatic N) is 3. The summed E-state index contributed by atoms with van der Waals surface area (Å²) >= 11 is 10.6. The highest BCUT2D eigenvalue weighted by Gasteiger charge is 2.08. The van der Waals surface area contributed by atoms with E-state index in [0.717, 1.165) is 5.82 Å². The number of thiocarbonyl (C=S) groups is 1. The van der Waals surface area contributed by atoms with E-state index in [0.29, 0.717) is 36.3 Å². The Morgan fingerprint density at radius 3 is 2.76 bits per heavy atom. The monoisotopic (exact) mass is 274 g/mol. The van der Waals surface area contributed by atoms with Gasteiger partial charge < -0.3 is 15.4 Å². The lowest BCUT2D eigenvalue weighted by Gasteiger charge is -2.22. The van der Waals surface area contributed by atoms with Gasteiger partial charge >= 0.3 is 0 Å². The molecule has 1 rings (SSSR count). The van der Waals surface area contributed by atoms with Crippen molar-refractivity contribution in [3.63, 3.8) is 0 Å². The van der Waals surface area contributed by atoms with Crippen molar-refractivity contribution in [1.29, 1.82) is 0 Å². The lowest BCUT2D eigenvalue weighted by Crippen LogP contribution is -2.31. The van der Waals surface area contributed by atoms with Crippen LogP contribution in [0.4, 0.5) is 5.82 Å². The molecule has 0 aromatic carbocycles. The molecule has 0 amide bonds. The summed E-state index contributed by atoms with van der Waals surface area (Å²) in [6.45, 7) is 1.99. The van der Waals surface area contributed by atoms with Crippen LogP contribution in [0.3, 0.4) is 0 Å². The first-order chi connectivity index (χ1) is 8.13. The van der Waals surface area contributed by atoms with Crippen LogP contribution in [0.2, 0.25) is 5.15 Å². The van der Waals surface area contributed by atoms with E-state index in [-0.39, 0.29) is 0 Å². The summed E-state index contributed by atoms with van der Waals surface area (Å²) in [6.07, 6.45) is 0.628. The summed E-state index contributed by atoms with van der Waals surface area (Å²) in [5, 5.41) is 8.19. The molecule has 0 spiro atoms. The first kappa shape index (κ1) is 14.1. The minimum Gasteiger partial charge on any atom is -0.393 e. The number of halogens is 1. The Bertz CT molecular complexity index is 360. The summed E-state index contributed by atoms with van der Waals surface area (Å²) in [5.41, 5.74) is 5.49. The Hall–Kier alpha value is -0.980. The second kappa shape index (κ2) is 7.37. The lowest BCUT2D eigenvalue weighted by atomic mass is 10.3. The van der Waals surface area contributed by atoms with Gasteiger partial charge in [0, 0.05) is 26.6 Å². The highest BCUT2D eigenvalue weighted by atomic mass is 35.5. The van der Waals surface area contributed by atoms with E-state index in [4.69, 9.17) is 34.3 Å². The van der Waals surface area contributed by atoms with Crippen LogP contribution in [0.15, 0.2) is 12.1 Å². The second-order valence-electron chi connectivity index (χ2n) is 3.41. The van der Waals surface area contributed by atoms with E-state index in [9.17, 15) is 0 Å². The number of hydrogen-bond donors (Lipinski definition) is 1. The van der Waals surface area contributed by atoms with E-state index in [1.54, 1.807) is 13.2 Å². The molecule has 5 nitrogen and oxygen atoms in total. The number of ether oxygens (including phenoxy) is 1. The van der Waals surface area contributed by atoms with Gasteiger partial charge in [-0.25, -0.2) is 0 Å². The summed E-state index contributed by atoms with van der Waals surface area (Å²) < 4.78 is 5.04. The van der Waals surface area contributed by atoms with Gasteiger partial charge in [-0.1, -0.05) is 23.8 Å². The Morgan fingerprint density at radius 2 is 2.24 bits per heavy atom. The molecule has 0 atom stereocenters. The number of rotatable bonds is 7. The normalized spacial score (nSPS) is 10.2. The third-order valence-corrected chi connectivity index (χ3v) is 2.54. The zero-order chi connectivity index (χ0) is 12.7. The van der Waals surface area contributed by atoms with Crippen molar-refractivity contribution in [3.05, 3.63) is 17.3 Å². The molecule has 1 heterocycles. The smallest absolute Gasteiger partial charge is 0.151 e. The van der Waals surface area contributed by atoms with Crippen LogP contribution >= 0.6 is 23.8 Å². The van der Waals surface area contributed by atoms with Crippen molar-refractivity contribution in [2.75, 3.05) is 31.7 Å². The van der Waals surface area contributed by atoms with Gasteiger partial charge in [0.25, 0.3) is 0 Å². The molecular formula is C10H15ClN4OS. The first-order valence-corrected chi connectivity index (χ1v) is 5.93. The molecule has 0 unspecified atom stereocenters. The fourth-order valence-corrected chi connectivity index (χ4v) is 1.46. The van der Waals surface area contributed by atoms with E-state index < -0.39 is 0 Å². The van der Waals surface area contributed by atoms with Gasteiger partial charge in [-0.05, 0) is 12.1 Å². The fraction of sp³-hybridized carbons (Fsp3) is 0.500. The quantitative estimate of drug-likeness (QED) is 0.755.